The van der Waals surface area contributed by atoms with Crippen molar-refractivity contribution in [2.75, 3.05) is 0 Å². The Kier molecular flexibility index (Phi) is 4.15. The van der Waals surface area contributed by atoms with Gasteiger partial charge in [-0.25, -0.2) is 9.37 Å². The van der Waals surface area contributed by atoms with Crippen molar-refractivity contribution >= 4 is 23.1 Å². The average Bonchev–Trinajstić information content (AvgIpc) is 2.77. The van der Waals surface area contributed by atoms with Gasteiger partial charge in [0.2, 0.25) is 0 Å². The molecule has 17 heavy (non-hydrogen) atoms. The molecule has 1 aromatic carbocycles. The zero-order chi connectivity index (χ0) is 12.3. The molecule has 1 aromatic heterocycles. The molecule has 2 rings (SSSR count). The van der Waals surface area contributed by atoms with E-state index in [0.29, 0.717) is 16.3 Å². The van der Waals surface area contributed by atoms with Crippen LogP contribution in [0.3, 0.4) is 0 Å². The quantitative estimate of drug-likeness (QED) is 0.860. The maximum absolute atomic E-state index is 13.3. The summed E-state index contributed by atoms with van der Waals surface area (Å²) in [5.41, 5.74) is 0.680. The first-order valence-electron chi connectivity index (χ1n) is 5.16. The second-order valence-electron chi connectivity index (χ2n) is 3.56. The molecule has 1 unspecified atom stereocenters. The smallest absolute Gasteiger partial charge is 0.136 e. The molecule has 90 valence electrons. The van der Waals surface area contributed by atoms with Crippen LogP contribution in [0.25, 0.3) is 0 Å². The van der Waals surface area contributed by atoms with Crippen molar-refractivity contribution in [1.29, 1.82) is 0 Å². The van der Waals surface area contributed by atoms with Crippen molar-refractivity contribution in [2.24, 2.45) is 0 Å². The standard InChI is InChI=1S/C12H12FNOS2/c1-8(15)10-6-17-12(14-10)7-16-11-5-3-2-4-9(11)13/h2-6,8,15H,7H2,1H3. The van der Waals surface area contributed by atoms with Crippen molar-refractivity contribution in [3.05, 3.63) is 46.2 Å². The lowest BCUT2D eigenvalue weighted by molar-refractivity contribution is 0.195. The van der Waals surface area contributed by atoms with Crippen molar-refractivity contribution < 1.29 is 9.50 Å². The lowest BCUT2D eigenvalue weighted by atomic mass is 10.3. The molecule has 0 saturated carbocycles. The molecule has 0 spiro atoms. The summed E-state index contributed by atoms with van der Waals surface area (Å²) >= 11 is 2.91. The van der Waals surface area contributed by atoms with Gasteiger partial charge in [0.1, 0.15) is 10.8 Å². The largest absolute Gasteiger partial charge is 0.387 e. The maximum atomic E-state index is 13.3. The minimum absolute atomic E-state index is 0.204. The molecule has 1 heterocycles. The Bertz CT molecular complexity index is 499. The highest BCUT2D eigenvalue weighted by Crippen LogP contribution is 2.27. The van der Waals surface area contributed by atoms with Gasteiger partial charge in [0.05, 0.1) is 17.6 Å². The molecular formula is C12H12FNOS2. The molecule has 0 aliphatic rings. The minimum Gasteiger partial charge on any atom is -0.387 e. The van der Waals surface area contributed by atoms with Crippen molar-refractivity contribution in [1.82, 2.24) is 4.98 Å². The zero-order valence-corrected chi connectivity index (χ0v) is 10.9. The highest BCUT2D eigenvalue weighted by atomic mass is 32.2. The van der Waals surface area contributed by atoms with E-state index in [1.54, 1.807) is 19.1 Å². The van der Waals surface area contributed by atoms with Gasteiger partial charge in [-0.3, -0.25) is 0 Å². The highest BCUT2D eigenvalue weighted by Gasteiger charge is 2.08. The van der Waals surface area contributed by atoms with Crippen LogP contribution in [0.1, 0.15) is 23.7 Å². The fourth-order valence-electron chi connectivity index (χ4n) is 1.28. The monoisotopic (exact) mass is 269 g/mol. The number of aliphatic hydroxyl groups is 1. The molecule has 0 fully saturated rings. The van der Waals surface area contributed by atoms with Crippen LogP contribution in [0.15, 0.2) is 34.5 Å². The van der Waals surface area contributed by atoms with Crippen LogP contribution in [-0.4, -0.2) is 10.1 Å². The number of rotatable bonds is 4. The zero-order valence-electron chi connectivity index (χ0n) is 9.26. The van der Waals surface area contributed by atoms with Crippen LogP contribution in [0.5, 0.6) is 0 Å². The van der Waals surface area contributed by atoms with E-state index in [4.69, 9.17) is 0 Å². The topological polar surface area (TPSA) is 33.1 Å². The molecule has 1 atom stereocenters. The fourth-order valence-corrected chi connectivity index (χ4v) is 3.12. The van der Waals surface area contributed by atoms with E-state index in [2.05, 4.69) is 4.98 Å². The van der Waals surface area contributed by atoms with Crippen LogP contribution in [-0.2, 0) is 5.75 Å². The number of aliphatic hydroxyl groups excluding tert-OH is 1. The van der Waals surface area contributed by atoms with Gasteiger partial charge in [-0.15, -0.1) is 23.1 Å². The fraction of sp³-hybridized carbons (Fsp3) is 0.250. The summed E-state index contributed by atoms with van der Waals surface area (Å²) in [5, 5.41) is 12.1. The van der Waals surface area contributed by atoms with Crippen LogP contribution >= 0.6 is 23.1 Å². The third kappa shape index (κ3) is 3.28. The normalized spacial score (nSPS) is 12.6. The second-order valence-corrected chi connectivity index (χ2v) is 5.52. The predicted molar refractivity (Wildman–Crippen MR) is 68.7 cm³/mol. The van der Waals surface area contributed by atoms with Gasteiger partial charge in [0.25, 0.3) is 0 Å². The summed E-state index contributed by atoms with van der Waals surface area (Å²) in [6, 6.07) is 6.69. The van der Waals surface area contributed by atoms with Crippen LogP contribution in [0, 0.1) is 5.82 Å². The third-order valence-corrected chi connectivity index (χ3v) is 4.29. The molecule has 0 radical (unpaired) electrons. The van der Waals surface area contributed by atoms with E-state index in [9.17, 15) is 9.50 Å². The molecule has 0 aliphatic carbocycles. The van der Waals surface area contributed by atoms with Gasteiger partial charge in [-0.2, -0.15) is 0 Å². The molecule has 0 amide bonds. The SMILES string of the molecule is CC(O)c1csc(CSc2ccccc2F)n1. The molecule has 0 bridgehead atoms. The van der Waals surface area contributed by atoms with Crippen LogP contribution in [0.4, 0.5) is 4.39 Å². The number of hydrogen-bond donors (Lipinski definition) is 1. The summed E-state index contributed by atoms with van der Waals surface area (Å²) in [7, 11) is 0. The number of halogens is 1. The third-order valence-electron chi connectivity index (χ3n) is 2.19. The van der Waals surface area contributed by atoms with E-state index in [-0.39, 0.29) is 5.82 Å². The first-order valence-corrected chi connectivity index (χ1v) is 7.03. The number of nitrogens with zero attached hydrogens (tertiary/aromatic N) is 1. The summed E-state index contributed by atoms with van der Waals surface area (Å²) < 4.78 is 13.3. The lowest BCUT2D eigenvalue weighted by Crippen LogP contribution is -1.91. The molecule has 2 aromatic rings. The minimum atomic E-state index is -0.543. The summed E-state index contributed by atoms with van der Waals surface area (Å²) in [4.78, 5) is 4.91. The number of thioether (sulfide) groups is 1. The van der Waals surface area contributed by atoms with Crippen LogP contribution < -0.4 is 0 Å². The summed E-state index contributed by atoms with van der Waals surface area (Å²) in [6.07, 6.45) is -0.543. The van der Waals surface area contributed by atoms with Gasteiger partial charge in [0, 0.05) is 10.3 Å². The van der Waals surface area contributed by atoms with Gasteiger partial charge < -0.3 is 5.11 Å². The Morgan fingerprint density at radius 2 is 2.24 bits per heavy atom. The Morgan fingerprint density at radius 1 is 1.47 bits per heavy atom. The number of benzene rings is 1. The van der Waals surface area contributed by atoms with E-state index in [0.717, 1.165) is 5.01 Å². The Labute approximate surface area is 108 Å². The Balaban J connectivity index is 2.00. The number of thiazole rings is 1. The highest BCUT2D eigenvalue weighted by molar-refractivity contribution is 7.98. The summed E-state index contributed by atoms with van der Waals surface area (Å²) in [5.74, 6) is 0.419. The van der Waals surface area contributed by atoms with Crippen molar-refractivity contribution in [3.63, 3.8) is 0 Å². The van der Waals surface area contributed by atoms with E-state index in [1.165, 1.54) is 29.2 Å². The van der Waals surface area contributed by atoms with Gasteiger partial charge >= 0.3 is 0 Å². The van der Waals surface area contributed by atoms with Gasteiger partial charge in [0.15, 0.2) is 0 Å². The van der Waals surface area contributed by atoms with E-state index >= 15 is 0 Å². The first kappa shape index (κ1) is 12.5. The molecular weight excluding hydrogens is 257 g/mol. The maximum Gasteiger partial charge on any atom is 0.136 e. The lowest BCUT2D eigenvalue weighted by Gasteiger charge is -2.00. The molecule has 0 saturated heterocycles. The van der Waals surface area contributed by atoms with E-state index < -0.39 is 6.10 Å². The first-order chi connectivity index (χ1) is 8.16. The van der Waals surface area contributed by atoms with Crippen LogP contribution in [0.2, 0.25) is 0 Å². The summed E-state index contributed by atoms with van der Waals surface area (Å²) in [6.45, 7) is 1.68. The average molecular weight is 269 g/mol. The second kappa shape index (κ2) is 5.62. The predicted octanol–water partition coefficient (Wildman–Crippen LogP) is 3.63. The van der Waals surface area contributed by atoms with Gasteiger partial charge in [-0.05, 0) is 19.1 Å². The van der Waals surface area contributed by atoms with Crippen molar-refractivity contribution in [2.45, 2.75) is 23.7 Å². The van der Waals surface area contributed by atoms with Gasteiger partial charge in [-0.1, -0.05) is 12.1 Å². The van der Waals surface area contributed by atoms with Crippen molar-refractivity contribution in [3.8, 4) is 0 Å². The molecule has 1 N–H and O–H groups in total. The number of aromatic nitrogens is 1. The van der Waals surface area contributed by atoms with E-state index in [1.807, 2.05) is 11.4 Å². The Morgan fingerprint density at radius 3 is 2.88 bits per heavy atom. The number of hydrogen-bond acceptors (Lipinski definition) is 4. The molecule has 5 heteroatoms. The molecule has 2 nitrogen and oxygen atoms in total. The Hall–Kier alpha value is -0.910. The molecule has 0 aliphatic heterocycles.